The summed E-state index contributed by atoms with van der Waals surface area (Å²) >= 11 is 11.2. The van der Waals surface area contributed by atoms with E-state index >= 15 is 0 Å². The van der Waals surface area contributed by atoms with Gasteiger partial charge in [-0.3, -0.25) is 0 Å². The Morgan fingerprint density at radius 2 is 1.94 bits per heavy atom. The van der Waals surface area contributed by atoms with Crippen molar-refractivity contribution in [2.24, 2.45) is 0 Å². The van der Waals surface area contributed by atoms with E-state index in [0.717, 1.165) is 3.57 Å². The molecule has 0 saturated carbocycles. The maximum absolute atomic E-state index is 13.2. The summed E-state index contributed by atoms with van der Waals surface area (Å²) in [6.07, 6.45) is -0.826. The van der Waals surface area contributed by atoms with E-state index < -0.39 is 6.10 Å². The third-order valence-corrected chi connectivity index (χ3v) is 4.34. The first kappa shape index (κ1) is 14.2. The molecule has 2 rings (SSSR count). The lowest BCUT2D eigenvalue weighted by molar-refractivity contribution is 0.219. The Hall–Kier alpha value is -0.170. The zero-order chi connectivity index (χ0) is 13.3. The van der Waals surface area contributed by atoms with Gasteiger partial charge in [-0.15, -0.1) is 0 Å². The summed E-state index contributed by atoms with van der Waals surface area (Å²) in [6, 6.07) is 9.75. The van der Waals surface area contributed by atoms with Crippen LogP contribution in [0.1, 0.15) is 17.2 Å². The highest BCUT2D eigenvalue weighted by Gasteiger charge is 2.15. The molecule has 0 bridgehead atoms. The van der Waals surface area contributed by atoms with E-state index in [0.29, 0.717) is 20.6 Å². The normalized spacial score (nSPS) is 12.5. The van der Waals surface area contributed by atoms with E-state index in [-0.39, 0.29) is 5.82 Å². The molecule has 0 aliphatic carbocycles. The number of hydrogen-bond donors (Lipinski definition) is 1. The van der Waals surface area contributed by atoms with Gasteiger partial charge in [-0.05, 0) is 80.0 Å². The maximum Gasteiger partial charge on any atom is 0.137 e. The second kappa shape index (κ2) is 5.86. The van der Waals surface area contributed by atoms with Crippen LogP contribution in [0.2, 0.25) is 5.02 Å². The van der Waals surface area contributed by atoms with Crippen molar-refractivity contribution in [1.82, 2.24) is 0 Å². The average molecular weight is 441 g/mol. The van der Waals surface area contributed by atoms with Crippen molar-refractivity contribution in [2.45, 2.75) is 6.10 Å². The Morgan fingerprint density at radius 3 is 2.61 bits per heavy atom. The van der Waals surface area contributed by atoms with Crippen LogP contribution >= 0.6 is 50.1 Å². The molecule has 1 atom stereocenters. The van der Waals surface area contributed by atoms with Gasteiger partial charge in [-0.2, -0.15) is 0 Å². The second-order valence-electron chi connectivity index (χ2n) is 3.74. The van der Waals surface area contributed by atoms with E-state index in [4.69, 9.17) is 11.6 Å². The molecule has 0 spiro atoms. The standard InChI is InChI=1S/C13H8BrClFIO/c14-10-5-7(1-3-11(10)16)13(18)9-6-8(15)2-4-12(9)17/h1-6,13,18H. The average Bonchev–Trinajstić information content (AvgIpc) is 2.35. The topological polar surface area (TPSA) is 20.2 Å². The van der Waals surface area contributed by atoms with Crippen molar-refractivity contribution in [2.75, 3.05) is 0 Å². The van der Waals surface area contributed by atoms with Gasteiger partial charge in [0.05, 0.1) is 4.47 Å². The van der Waals surface area contributed by atoms with E-state index in [1.165, 1.54) is 6.07 Å². The molecule has 1 N–H and O–H groups in total. The summed E-state index contributed by atoms with van der Waals surface area (Å²) in [5, 5.41) is 10.9. The van der Waals surface area contributed by atoms with Crippen molar-refractivity contribution in [3.63, 3.8) is 0 Å². The lowest BCUT2D eigenvalue weighted by Gasteiger charge is -2.14. The molecule has 0 saturated heterocycles. The molecule has 0 amide bonds. The molecule has 94 valence electrons. The highest BCUT2D eigenvalue weighted by atomic mass is 127. The van der Waals surface area contributed by atoms with Crippen LogP contribution in [0, 0.1) is 9.39 Å². The van der Waals surface area contributed by atoms with E-state index in [1.54, 1.807) is 24.3 Å². The van der Waals surface area contributed by atoms with Crippen LogP contribution in [0.3, 0.4) is 0 Å². The van der Waals surface area contributed by atoms with Crippen LogP contribution in [0.4, 0.5) is 4.39 Å². The Kier molecular flexibility index (Phi) is 4.64. The van der Waals surface area contributed by atoms with Gasteiger partial charge in [0.2, 0.25) is 0 Å². The summed E-state index contributed by atoms with van der Waals surface area (Å²) in [6.45, 7) is 0. The summed E-state index contributed by atoms with van der Waals surface area (Å²) < 4.78 is 14.4. The van der Waals surface area contributed by atoms with Gasteiger partial charge in [0.1, 0.15) is 11.9 Å². The van der Waals surface area contributed by atoms with Crippen LogP contribution < -0.4 is 0 Å². The summed E-state index contributed by atoms with van der Waals surface area (Å²) in [5.41, 5.74) is 1.32. The van der Waals surface area contributed by atoms with Gasteiger partial charge < -0.3 is 5.11 Å². The highest BCUT2D eigenvalue weighted by molar-refractivity contribution is 14.1. The van der Waals surface area contributed by atoms with Gasteiger partial charge in [0.15, 0.2) is 0 Å². The number of hydrogen-bond acceptors (Lipinski definition) is 1. The molecule has 0 aromatic heterocycles. The largest absolute Gasteiger partial charge is 0.384 e. The van der Waals surface area contributed by atoms with Crippen molar-refractivity contribution in [3.8, 4) is 0 Å². The summed E-state index contributed by atoms with van der Waals surface area (Å²) in [4.78, 5) is 0. The Balaban J connectivity index is 2.44. The smallest absolute Gasteiger partial charge is 0.137 e. The Labute approximate surface area is 131 Å². The maximum atomic E-state index is 13.2. The quantitative estimate of drug-likeness (QED) is 0.656. The molecular weight excluding hydrogens is 433 g/mol. The first-order valence-corrected chi connectivity index (χ1v) is 7.32. The Morgan fingerprint density at radius 1 is 1.22 bits per heavy atom. The second-order valence-corrected chi connectivity index (χ2v) is 6.19. The zero-order valence-corrected chi connectivity index (χ0v) is 13.5. The molecule has 1 nitrogen and oxygen atoms in total. The molecule has 0 radical (unpaired) electrons. The van der Waals surface area contributed by atoms with Gasteiger partial charge in [-0.1, -0.05) is 17.7 Å². The van der Waals surface area contributed by atoms with Gasteiger partial charge in [0, 0.05) is 8.59 Å². The van der Waals surface area contributed by atoms with Gasteiger partial charge >= 0.3 is 0 Å². The van der Waals surface area contributed by atoms with Crippen LogP contribution in [0.5, 0.6) is 0 Å². The molecule has 0 fully saturated rings. The molecule has 0 aliphatic heterocycles. The first-order chi connectivity index (χ1) is 8.49. The monoisotopic (exact) mass is 440 g/mol. The number of aliphatic hydroxyl groups excluding tert-OH is 1. The molecule has 0 heterocycles. The fourth-order valence-corrected chi connectivity index (χ4v) is 2.79. The van der Waals surface area contributed by atoms with E-state index in [1.807, 2.05) is 6.07 Å². The lowest BCUT2D eigenvalue weighted by Crippen LogP contribution is -2.02. The minimum Gasteiger partial charge on any atom is -0.384 e. The molecule has 5 heteroatoms. The van der Waals surface area contributed by atoms with Crippen molar-refractivity contribution >= 4 is 50.1 Å². The fraction of sp³-hybridized carbons (Fsp3) is 0.0769. The molecule has 1 unspecified atom stereocenters. The van der Waals surface area contributed by atoms with Crippen LogP contribution in [-0.2, 0) is 0 Å². The predicted octanol–water partition coefficient (Wildman–Crippen LogP) is 4.93. The predicted molar refractivity (Wildman–Crippen MR) is 82.3 cm³/mol. The van der Waals surface area contributed by atoms with Crippen LogP contribution in [0.15, 0.2) is 40.9 Å². The lowest BCUT2D eigenvalue weighted by atomic mass is 10.0. The highest BCUT2D eigenvalue weighted by Crippen LogP contribution is 2.30. The van der Waals surface area contributed by atoms with Crippen LogP contribution in [-0.4, -0.2) is 5.11 Å². The summed E-state index contributed by atoms with van der Waals surface area (Å²) in [5.74, 6) is -0.355. The molecule has 2 aromatic rings. The Bertz CT molecular complexity index is 591. The first-order valence-electron chi connectivity index (χ1n) is 5.07. The van der Waals surface area contributed by atoms with Crippen LogP contribution in [0.25, 0.3) is 0 Å². The third kappa shape index (κ3) is 3.04. The SMILES string of the molecule is OC(c1ccc(F)c(Br)c1)c1cc(Cl)ccc1I. The fourth-order valence-electron chi connectivity index (χ4n) is 1.59. The molecule has 18 heavy (non-hydrogen) atoms. The minimum absolute atomic E-state index is 0.330. The van der Waals surface area contributed by atoms with E-state index in [9.17, 15) is 9.50 Å². The number of halogens is 4. The molecular formula is C13H8BrClFIO. The summed E-state index contributed by atoms with van der Waals surface area (Å²) in [7, 11) is 0. The van der Waals surface area contributed by atoms with Gasteiger partial charge in [0.25, 0.3) is 0 Å². The molecule has 0 aliphatic rings. The zero-order valence-electron chi connectivity index (χ0n) is 9.00. The van der Waals surface area contributed by atoms with Crippen molar-refractivity contribution < 1.29 is 9.50 Å². The van der Waals surface area contributed by atoms with Gasteiger partial charge in [-0.25, -0.2) is 4.39 Å². The van der Waals surface area contributed by atoms with E-state index in [2.05, 4.69) is 38.5 Å². The van der Waals surface area contributed by atoms with Crippen molar-refractivity contribution in [3.05, 3.63) is 66.4 Å². The molecule has 2 aromatic carbocycles. The third-order valence-electron chi connectivity index (χ3n) is 2.51. The number of rotatable bonds is 2. The number of benzene rings is 2. The minimum atomic E-state index is -0.826. The number of aliphatic hydroxyl groups is 1. The van der Waals surface area contributed by atoms with Crippen molar-refractivity contribution in [1.29, 1.82) is 0 Å².